The number of Topliss-reactive ketones (excluding diaryl/α,β-unsaturated/α-hetero) is 2. The van der Waals surface area contributed by atoms with E-state index in [0.717, 1.165) is 46.2 Å². The zero-order valence-corrected chi connectivity index (χ0v) is 31.6. The largest absolute Gasteiger partial charge is 0.370 e. The number of nitrogens with zero attached hydrogens (tertiary/aromatic N) is 2. The first-order chi connectivity index (χ1) is 26.6. The van der Waals surface area contributed by atoms with Gasteiger partial charge in [-0.15, -0.1) is 0 Å². The molecule has 0 aliphatic carbocycles. The number of benzene rings is 4. The van der Waals surface area contributed by atoms with Crippen molar-refractivity contribution in [3.63, 3.8) is 0 Å². The molecule has 11 heteroatoms. The first-order valence-corrected chi connectivity index (χ1v) is 19.1. The van der Waals surface area contributed by atoms with Crippen LogP contribution in [-0.2, 0) is 27.2 Å². The normalized spacial score (nSPS) is 12.5. The molecule has 0 spiro atoms. The summed E-state index contributed by atoms with van der Waals surface area (Å²) in [5.41, 5.74) is 34.5. The lowest BCUT2D eigenvalue weighted by atomic mass is 9.90. The maximum absolute atomic E-state index is 14.1. The van der Waals surface area contributed by atoms with E-state index in [0.29, 0.717) is 51.6 Å². The third kappa shape index (κ3) is 14.9. The number of aliphatic imine (C=N–C) groups is 2. The Balaban J connectivity index is 1.46. The molecule has 0 heterocycles. The molecule has 0 saturated carbocycles. The quantitative estimate of drug-likeness (QED) is 0.0343. The Bertz CT molecular complexity index is 1840. The van der Waals surface area contributed by atoms with Gasteiger partial charge < -0.3 is 34.0 Å². The molecule has 55 heavy (non-hydrogen) atoms. The van der Waals surface area contributed by atoms with Gasteiger partial charge in [-0.2, -0.15) is 0 Å². The lowest BCUT2D eigenvalue weighted by Gasteiger charge is -2.23. The van der Waals surface area contributed by atoms with E-state index in [-0.39, 0.29) is 42.2 Å². The molecule has 0 radical (unpaired) electrons. The first-order valence-electron chi connectivity index (χ1n) is 19.1. The monoisotopic (exact) mass is 744 g/mol. The summed E-state index contributed by atoms with van der Waals surface area (Å²) in [6.45, 7) is 0.900. The zero-order valence-electron chi connectivity index (χ0n) is 31.6. The number of amides is 1. The molecule has 0 fully saturated rings. The number of ketones is 2. The van der Waals surface area contributed by atoms with Gasteiger partial charge in [-0.1, -0.05) is 122 Å². The Kier molecular flexibility index (Phi) is 17.1. The second-order valence-electron chi connectivity index (χ2n) is 14.0. The molecular formula is C44H56N8O3. The third-order valence-corrected chi connectivity index (χ3v) is 9.59. The number of hydrogen-bond donors (Lipinski definition) is 6. The van der Waals surface area contributed by atoms with Crippen molar-refractivity contribution >= 4 is 29.4 Å². The lowest BCUT2D eigenvalue weighted by Crippen LogP contribution is -2.46. The Morgan fingerprint density at radius 2 is 1.02 bits per heavy atom. The highest BCUT2D eigenvalue weighted by Crippen LogP contribution is 2.23. The van der Waals surface area contributed by atoms with Crippen molar-refractivity contribution in [3.05, 3.63) is 120 Å². The van der Waals surface area contributed by atoms with Crippen molar-refractivity contribution < 1.29 is 14.4 Å². The molecule has 0 aliphatic heterocycles. The number of nitrogens with two attached hydrogens (primary N) is 5. The van der Waals surface area contributed by atoms with Crippen LogP contribution in [0.1, 0.15) is 62.5 Å². The summed E-state index contributed by atoms with van der Waals surface area (Å²) in [7, 11) is 0. The second kappa shape index (κ2) is 22.4. The van der Waals surface area contributed by atoms with Gasteiger partial charge in [0.25, 0.3) is 0 Å². The van der Waals surface area contributed by atoms with Crippen LogP contribution in [0.4, 0.5) is 0 Å². The molecule has 11 nitrogen and oxygen atoms in total. The molecule has 0 aliphatic rings. The number of hydrogen-bond acceptors (Lipinski definition) is 6. The Morgan fingerprint density at radius 1 is 0.545 bits per heavy atom. The SMILES string of the molecule is NC(N)=NCCCCCC(=O)[C@H](Cc1ccc(-c2ccccc2)cc1)NC(=O)[C@H](CCCCN=C(N)N)CC(=O)[C@@H](N)Cc1ccc(-c2ccccc2)cc1. The highest BCUT2D eigenvalue weighted by molar-refractivity contribution is 5.93. The van der Waals surface area contributed by atoms with E-state index < -0.39 is 18.0 Å². The van der Waals surface area contributed by atoms with Gasteiger partial charge in [-0.25, -0.2) is 0 Å². The summed E-state index contributed by atoms with van der Waals surface area (Å²) in [4.78, 5) is 49.5. The lowest BCUT2D eigenvalue weighted by molar-refractivity contribution is -0.133. The smallest absolute Gasteiger partial charge is 0.224 e. The summed E-state index contributed by atoms with van der Waals surface area (Å²) >= 11 is 0. The molecule has 0 aromatic heterocycles. The average Bonchev–Trinajstić information content (AvgIpc) is 3.19. The first kappa shape index (κ1) is 41.9. The molecule has 0 bridgehead atoms. The topological polar surface area (TPSA) is 218 Å². The van der Waals surface area contributed by atoms with Crippen molar-refractivity contribution in [1.82, 2.24) is 5.32 Å². The molecule has 290 valence electrons. The molecule has 4 aromatic rings. The molecule has 11 N–H and O–H groups in total. The van der Waals surface area contributed by atoms with Crippen molar-refractivity contribution in [1.29, 1.82) is 0 Å². The molecule has 4 aromatic carbocycles. The minimum absolute atomic E-state index is 0.00152. The number of nitrogens with one attached hydrogen (secondary N) is 1. The fourth-order valence-corrected chi connectivity index (χ4v) is 6.47. The molecule has 0 unspecified atom stereocenters. The van der Waals surface area contributed by atoms with Crippen LogP contribution in [0.25, 0.3) is 22.3 Å². The summed E-state index contributed by atoms with van der Waals surface area (Å²) in [6, 6.07) is 34.5. The van der Waals surface area contributed by atoms with E-state index >= 15 is 0 Å². The molecule has 1 amide bonds. The number of unbranched alkanes of at least 4 members (excludes halogenated alkanes) is 3. The van der Waals surface area contributed by atoms with Crippen molar-refractivity contribution in [2.45, 2.75) is 76.3 Å². The van der Waals surface area contributed by atoms with E-state index in [1.165, 1.54) is 0 Å². The summed E-state index contributed by atoms with van der Waals surface area (Å²) in [5.74, 6) is -1.27. The van der Waals surface area contributed by atoms with E-state index in [1.54, 1.807) is 0 Å². The second-order valence-corrected chi connectivity index (χ2v) is 14.0. The maximum atomic E-state index is 14.1. The zero-order chi connectivity index (χ0) is 39.4. The van der Waals surface area contributed by atoms with E-state index in [9.17, 15) is 14.4 Å². The van der Waals surface area contributed by atoms with Crippen LogP contribution in [-0.4, -0.2) is 54.6 Å². The maximum Gasteiger partial charge on any atom is 0.224 e. The van der Waals surface area contributed by atoms with Crippen LogP contribution >= 0.6 is 0 Å². The van der Waals surface area contributed by atoms with E-state index in [2.05, 4.69) is 15.3 Å². The van der Waals surface area contributed by atoms with Crippen LogP contribution in [0.15, 0.2) is 119 Å². The van der Waals surface area contributed by atoms with Gasteiger partial charge in [-0.3, -0.25) is 24.4 Å². The minimum Gasteiger partial charge on any atom is -0.370 e. The summed E-state index contributed by atoms with van der Waals surface area (Å²) in [5, 5.41) is 3.05. The van der Waals surface area contributed by atoms with Crippen molar-refractivity contribution in [2.24, 2.45) is 44.6 Å². The van der Waals surface area contributed by atoms with Crippen molar-refractivity contribution in [2.75, 3.05) is 13.1 Å². The van der Waals surface area contributed by atoms with Gasteiger partial charge in [0.05, 0.1) is 12.1 Å². The molecular weight excluding hydrogens is 689 g/mol. The number of carbonyl (C=O) groups excluding carboxylic acids is 3. The predicted molar refractivity (Wildman–Crippen MR) is 223 cm³/mol. The summed E-state index contributed by atoms with van der Waals surface area (Å²) < 4.78 is 0. The number of carbonyl (C=O) groups is 3. The Labute approximate surface area is 324 Å². The Morgan fingerprint density at radius 3 is 1.53 bits per heavy atom. The predicted octanol–water partition coefficient (Wildman–Crippen LogP) is 5.04. The number of rotatable bonds is 23. The van der Waals surface area contributed by atoms with Gasteiger partial charge in [0, 0.05) is 31.8 Å². The third-order valence-electron chi connectivity index (χ3n) is 9.59. The van der Waals surface area contributed by atoms with Crippen LogP contribution in [0, 0.1) is 5.92 Å². The molecule has 0 saturated heterocycles. The van der Waals surface area contributed by atoms with Gasteiger partial charge >= 0.3 is 0 Å². The average molecular weight is 745 g/mol. The molecule has 3 atom stereocenters. The van der Waals surface area contributed by atoms with Gasteiger partial charge in [0.15, 0.2) is 23.5 Å². The van der Waals surface area contributed by atoms with Gasteiger partial charge in [0.1, 0.15) is 0 Å². The standard InChI is InChI=1S/C44H56N8O3/c45-38(28-31-18-22-35(23-19-31)33-12-4-1-5-13-33)41(54)30-37(16-9-11-27-51-44(48)49)42(55)52-39(40(53)17-8-3-10-26-50-43(46)47)29-32-20-24-36(25-21-32)34-14-6-2-7-15-34/h1-2,4-7,12-15,18-25,37-39H,3,8-11,16-17,26-30,45H2,(H,52,55)(H4,46,47,50)(H4,48,49,51)/t37-,38+,39+/m1/s1. The molecule has 4 rings (SSSR count). The highest BCUT2D eigenvalue weighted by atomic mass is 16.2. The fourth-order valence-electron chi connectivity index (χ4n) is 6.47. The minimum atomic E-state index is -0.793. The van der Waals surface area contributed by atoms with Gasteiger partial charge in [-0.05, 0) is 71.9 Å². The van der Waals surface area contributed by atoms with Crippen LogP contribution in [0.5, 0.6) is 0 Å². The van der Waals surface area contributed by atoms with Crippen LogP contribution in [0.3, 0.4) is 0 Å². The fraction of sp³-hybridized carbons (Fsp3) is 0.341. The highest BCUT2D eigenvalue weighted by Gasteiger charge is 2.29. The summed E-state index contributed by atoms with van der Waals surface area (Å²) in [6.07, 6.45) is 4.67. The Hall–Kier alpha value is -5.81. The van der Waals surface area contributed by atoms with E-state index in [4.69, 9.17) is 28.7 Å². The van der Waals surface area contributed by atoms with Crippen LogP contribution < -0.4 is 34.0 Å². The number of guanidine groups is 2. The van der Waals surface area contributed by atoms with Crippen LogP contribution in [0.2, 0.25) is 0 Å². The van der Waals surface area contributed by atoms with Gasteiger partial charge in [0.2, 0.25) is 5.91 Å². The van der Waals surface area contributed by atoms with E-state index in [1.807, 2.05) is 109 Å². The van der Waals surface area contributed by atoms with Crippen molar-refractivity contribution in [3.8, 4) is 22.3 Å².